The van der Waals surface area contributed by atoms with Crippen LogP contribution in [0.4, 0.5) is 0 Å². The first-order valence-electron chi connectivity index (χ1n) is 13.5. The van der Waals surface area contributed by atoms with E-state index in [1.807, 2.05) is 11.8 Å². The van der Waals surface area contributed by atoms with Crippen LogP contribution >= 0.6 is 43.6 Å². The van der Waals surface area contributed by atoms with Crippen molar-refractivity contribution in [2.75, 3.05) is 28.2 Å². The minimum absolute atomic E-state index is 0.276. The summed E-state index contributed by atoms with van der Waals surface area (Å²) in [7, 11) is 9.41. The zero-order valence-corrected chi connectivity index (χ0v) is 29.4. The quantitative estimate of drug-likeness (QED) is 0.205. The monoisotopic (exact) mass is 746 g/mol. The van der Waals surface area contributed by atoms with Crippen LogP contribution in [0.1, 0.15) is 40.6 Å². The van der Waals surface area contributed by atoms with Gasteiger partial charge in [0.2, 0.25) is 0 Å². The summed E-state index contributed by atoms with van der Waals surface area (Å²) in [6.07, 6.45) is 5.02. The molecule has 2 heterocycles. The predicted octanol–water partition coefficient (Wildman–Crippen LogP) is 9.67. The average molecular weight is 750 g/mol. The number of hydrogen-bond donors (Lipinski definition) is 0. The van der Waals surface area contributed by atoms with Crippen LogP contribution in [0.2, 0.25) is 0 Å². The predicted molar refractivity (Wildman–Crippen MR) is 174 cm³/mol. The van der Waals surface area contributed by atoms with E-state index in [2.05, 4.69) is 163 Å². The van der Waals surface area contributed by atoms with E-state index in [9.17, 15) is 0 Å². The second kappa shape index (κ2) is 10.3. The second-order valence-electron chi connectivity index (χ2n) is 11.3. The van der Waals surface area contributed by atoms with Crippen LogP contribution in [0.5, 0.6) is 0 Å². The fraction of sp³-hybridized carbons (Fsp3) is 0.176. The molecule has 4 aromatic rings. The zero-order valence-electron chi connectivity index (χ0n) is 23.0. The Hall–Kier alpha value is -1.53. The average Bonchev–Trinajstić information content (AvgIpc) is 3.52. The number of hydrogen-bond acceptors (Lipinski definition) is 3. The van der Waals surface area contributed by atoms with Crippen molar-refractivity contribution in [1.29, 1.82) is 0 Å². The summed E-state index contributed by atoms with van der Waals surface area (Å²) in [5.41, 5.74) is 11.2. The van der Waals surface area contributed by atoms with E-state index < -0.39 is 20.8 Å². The summed E-state index contributed by atoms with van der Waals surface area (Å²) < 4.78 is 8.37. The van der Waals surface area contributed by atoms with Crippen LogP contribution < -0.4 is 0 Å². The van der Waals surface area contributed by atoms with Gasteiger partial charge >= 0.3 is 266 Å². The van der Waals surface area contributed by atoms with Crippen molar-refractivity contribution in [3.63, 3.8) is 0 Å². The van der Waals surface area contributed by atoms with Crippen LogP contribution in [-0.4, -0.2) is 33.9 Å². The van der Waals surface area contributed by atoms with Gasteiger partial charge in [0.05, 0.1) is 0 Å². The van der Waals surface area contributed by atoms with Gasteiger partial charge in [0.15, 0.2) is 0 Å². The summed E-state index contributed by atoms with van der Waals surface area (Å²) >= 11 is 6.28. The van der Waals surface area contributed by atoms with Gasteiger partial charge in [-0.25, -0.2) is 0 Å². The maximum absolute atomic E-state index is 4.13. The van der Waals surface area contributed by atoms with Crippen molar-refractivity contribution >= 4 is 66.9 Å². The third-order valence-corrected chi connectivity index (χ3v) is 25.4. The number of benzene rings is 4. The van der Waals surface area contributed by atoms with Crippen LogP contribution in [0.3, 0.4) is 0 Å². The van der Waals surface area contributed by atoms with Crippen molar-refractivity contribution in [3.8, 4) is 0 Å². The van der Waals surface area contributed by atoms with Crippen molar-refractivity contribution in [2.45, 2.75) is 17.0 Å². The van der Waals surface area contributed by atoms with E-state index in [0.29, 0.717) is 0 Å². The first-order chi connectivity index (χ1) is 19.3. The number of halogens is 2. The minimum atomic E-state index is -3.82. The molecule has 40 heavy (non-hydrogen) atoms. The molecule has 0 amide bonds. The fourth-order valence-corrected chi connectivity index (χ4v) is 25.9. The Bertz CT molecular complexity index is 1710. The standard InChI is InChI=1S/C30H18Br2S.2C2H6N.Zr/c31-28-11-12-30(27-17-22(16-26(27)28)20-9-5-2-6-10-20)33-24-14-23-13-21(15-25(23)29(32)18-24)19-7-3-1-4-8-19;2*1-3-2;/h1-18H;2*1-2H3;/q;2*-1;+2. The molecule has 0 saturated heterocycles. The zero-order chi connectivity index (χ0) is 27.8. The normalized spacial score (nSPS) is 20.1. The molecule has 0 N–H and O–H groups in total. The molecule has 0 radical (unpaired) electrons. The molecule has 0 spiro atoms. The molecule has 6 heteroatoms. The number of fused-ring (bicyclic) bond motifs is 1. The molecular weight excluding hydrogens is 719 g/mol. The Morgan fingerprint density at radius 3 is 1.82 bits per heavy atom. The topological polar surface area (TPSA) is 6.48 Å². The van der Waals surface area contributed by atoms with Crippen molar-refractivity contribution in [1.82, 2.24) is 5.69 Å². The van der Waals surface area contributed by atoms with E-state index in [1.165, 1.54) is 63.3 Å². The Kier molecular flexibility index (Phi) is 7.05. The first kappa shape index (κ1) is 27.3. The van der Waals surface area contributed by atoms with E-state index in [-0.39, 0.29) is 7.25 Å². The second-order valence-corrected chi connectivity index (χ2v) is 25.2. The van der Waals surface area contributed by atoms with Crippen LogP contribution in [0.25, 0.3) is 23.3 Å². The van der Waals surface area contributed by atoms with Crippen molar-refractivity contribution < 1.29 is 20.8 Å². The third-order valence-electron chi connectivity index (χ3n) is 8.86. The van der Waals surface area contributed by atoms with Gasteiger partial charge in [-0.2, -0.15) is 0 Å². The van der Waals surface area contributed by atoms with Gasteiger partial charge in [-0.15, -0.1) is 0 Å². The van der Waals surface area contributed by atoms with Crippen molar-refractivity contribution in [2.24, 2.45) is 0 Å². The molecule has 0 saturated carbocycles. The molecule has 2 nitrogen and oxygen atoms in total. The van der Waals surface area contributed by atoms with Gasteiger partial charge in [-0.1, -0.05) is 0 Å². The van der Waals surface area contributed by atoms with E-state index >= 15 is 0 Å². The van der Waals surface area contributed by atoms with Crippen LogP contribution in [-0.2, 0) is 20.8 Å². The fourth-order valence-electron chi connectivity index (χ4n) is 7.39. The Morgan fingerprint density at radius 2 is 1.23 bits per heavy atom. The molecular formula is C34H30Br2N2SZr. The summed E-state index contributed by atoms with van der Waals surface area (Å²) in [4.78, 5) is 2.60. The van der Waals surface area contributed by atoms with E-state index in [1.54, 1.807) is 0 Å². The number of allylic oxidation sites excluding steroid dienone is 2. The van der Waals surface area contributed by atoms with Gasteiger partial charge < -0.3 is 0 Å². The molecule has 0 aromatic heterocycles. The van der Waals surface area contributed by atoms with Gasteiger partial charge in [-0.3, -0.25) is 0 Å². The number of nitrogens with zero attached hydrogens (tertiary/aromatic N) is 2. The summed E-state index contributed by atoms with van der Waals surface area (Å²) in [6, 6.07) is 31.5. The molecule has 4 aromatic carbocycles. The van der Waals surface area contributed by atoms with Crippen LogP contribution in [0.15, 0.2) is 104 Å². The third kappa shape index (κ3) is 3.97. The van der Waals surface area contributed by atoms with Gasteiger partial charge in [0.1, 0.15) is 0 Å². The Morgan fingerprint density at radius 1 is 0.650 bits per heavy atom. The molecule has 200 valence electrons. The first-order valence-corrected chi connectivity index (χ1v) is 21.0. The summed E-state index contributed by atoms with van der Waals surface area (Å²) in [5.74, 6) is 0. The molecule has 2 unspecified atom stereocenters. The molecule has 4 aliphatic rings. The Labute approximate surface area is 263 Å². The SMILES string of the molecule is C[N](C)[Zr]1([N](C)C)[CH]2C(c3ccccc3)=Cc3cc(cc(Br)c32)Sc2ccc(Br)c3c2C=C(c2ccccc2)[CH]31. The maximum atomic E-state index is 4.13. The molecule has 8 bridgehead atoms. The molecule has 8 rings (SSSR count). The summed E-state index contributed by atoms with van der Waals surface area (Å²) in [6.45, 7) is 0. The Balaban J connectivity index is 1.65. The molecule has 0 fully saturated rings. The number of rotatable bonds is 4. The molecule has 2 atom stereocenters. The molecule has 2 aliphatic heterocycles. The van der Waals surface area contributed by atoms with Crippen LogP contribution in [0, 0.1) is 0 Å². The van der Waals surface area contributed by atoms with Gasteiger partial charge in [-0.05, 0) is 0 Å². The summed E-state index contributed by atoms with van der Waals surface area (Å²) in [5, 5.41) is 0. The molecule has 2 aliphatic carbocycles. The van der Waals surface area contributed by atoms with E-state index in [4.69, 9.17) is 0 Å². The van der Waals surface area contributed by atoms with E-state index in [0.717, 1.165) is 0 Å². The van der Waals surface area contributed by atoms with Gasteiger partial charge in [0, 0.05) is 0 Å². The van der Waals surface area contributed by atoms with Crippen molar-refractivity contribution in [3.05, 3.63) is 127 Å². The van der Waals surface area contributed by atoms with Gasteiger partial charge in [0.25, 0.3) is 0 Å².